The zero-order valence-electron chi connectivity index (χ0n) is 11.6. The van der Waals surface area contributed by atoms with Crippen LogP contribution in [-0.2, 0) is 0 Å². The first-order chi connectivity index (χ1) is 10.0. The summed E-state index contributed by atoms with van der Waals surface area (Å²) in [5.74, 6) is 0.0296. The van der Waals surface area contributed by atoms with Crippen LogP contribution in [0, 0.1) is 19.7 Å². The lowest BCUT2D eigenvalue weighted by atomic mass is 10.2. The lowest BCUT2D eigenvalue weighted by Crippen LogP contribution is -2.04. The van der Waals surface area contributed by atoms with Gasteiger partial charge in [0.25, 0.3) is 5.95 Å². The first-order valence-corrected chi connectivity index (χ1v) is 6.32. The third kappa shape index (κ3) is 2.58. The van der Waals surface area contributed by atoms with Crippen LogP contribution < -0.4 is 5.73 Å². The van der Waals surface area contributed by atoms with E-state index in [-0.39, 0.29) is 0 Å². The lowest BCUT2D eigenvalue weighted by Gasteiger charge is -2.02. The van der Waals surface area contributed by atoms with E-state index in [0.29, 0.717) is 23.0 Å². The SMILES string of the molecule is Cc1cc(C)nc(-n2cc(N)c(-c3ccc(F)cn3)n2)n1. The molecule has 3 heterocycles. The van der Waals surface area contributed by atoms with Crippen molar-refractivity contribution in [3.63, 3.8) is 0 Å². The fourth-order valence-electron chi connectivity index (χ4n) is 2.01. The molecule has 3 aromatic heterocycles. The Hall–Kier alpha value is -2.83. The second kappa shape index (κ2) is 4.93. The van der Waals surface area contributed by atoms with Crippen LogP contribution in [0.3, 0.4) is 0 Å². The highest BCUT2D eigenvalue weighted by Crippen LogP contribution is 2.23. The summed E-state index contributed by atoms with van der Waals surface area (Å²) in [5.41, 5.74) is 9.03. The van der Waals surface area contributed by atoms with Crippen molar-refractivity contribution >= 4 is 5.69 Å². The third-order valence-corrected chi connectivity index (χ3v) is 2.89. The number of aromatic nitrogens is 5. The van der Waals surface area contributed by atoms with E-state index in [1.807, 2.05) is 19.9 Å². The van der Waals surface area contributed by atoms with Crippen LogP contribution >= 0.6 is 0 Å². The predicted molar refractivity (Wildman–Crippen MR) is 76.2 cm³/mol. The van der Waals surface area contributed by atoms with Crippen LogP contribution in [0.5, 0.6) is 0 Å². The Balaban J connectivity index is 2.07. The zero-order valence-corrected chi connectivity index (χ0v) is 11.6. The average molecular weight is 284 g/mol. The number of nitrogens with zero attached hydrogens (tertiary/aromatic N) is 5. The minimum Gasteiger partial charge on any atom is -0.396 e. The minimum absolute atomic E-state index is 0.408. The highest BCUT2D eigenvalue weighted by molar-refractivity contribution is 5.69. The number of hydrogen-bond donors (Lipinski definition) is 1. The Morgan fingerprint density at radius 1 is 1.14 bits per heavy atom. The maximum atomic E-state index is 12.9. The number of aryl methyl sites for hydroxylation is 2. The number of hydrogen-bond acceptors (Lipinski definition) is 5. The quantitative estimate of drug-likeness (QED) is 0.779. The highest BCUT2D eigenvalue weighted by atomic mass is 19.1. The Morgan fingerprint density at radius 3 is 2.48 bits per heavy atom. The van der Waals surface area contributed by atoms with Crippen LogP contribution in [0.25, 0.3) is 17.3 Å². The van der Waals surface area contributed by atoms with Crippen molar-refractivity contribution in [2.75, 3.05) is 5.73 Å². The van der Waals surface area contributed by atoms with Gasteiger partial charge in [0.15, 0.2) is 0 Å². The van der Waals surface area contributed by atoms with E-state index in [1.165, 1.54) is 16.8 Å². The Kier molecular flexibility index (Phi) is 3.09. The van der Waals surface area contributed by atoms with Crippen molar-refractivity contribution in [2.45, 2.75) is 13.8 Å². The Bertz CT molecular complexity index is 773. The number of pyridine rings is 1. The molecule has 0 aliphatic carbocycles. The molecule has 0 radical (unpaired) electrons. The number of nitrogens with two attached hydrogens (primary N) is 1. The monoisotopic (exact) mass is 284 g/mol. The molecule has 21 heavy (non-hydrogen) atoms. The summed E-state index contributed by atoms with van der Waals surface area (Å²) in [7, 11) is 0. The summed E-state index contributed by atoms with van der Waals surface area (Å²) in [6.07, 6.45) is 2.75. The molecule has 6 nitrogen and oxygen atoms in total. The van der Waals surface area contributed by atoms with E-state index < -0.39 is 5.82 Å². The van der Waals surface area contributed by atoms with Gasteiger partial charge in [0.1, 0.15) is 11.5 Å². The summed E-state index contributed by atoms with van der Waals surface area (Å²) in [4.78, 5) is 12.6. The van der Waals surface area contributed by atoms with Crippen molar-refractivity contribution in [2.24, 2.45) is 0 Å². The topological polar surface area (TPSA) is 82.5 Å². The minimum atomic E-state index is -0.408. The van der Waals surface area contributed by atoms with Gasteiger partial charge in [-0.3, -0.25) is 4.98 Å². The van der Waals surface area contributed by atoms with Gasteiger partial charge in [-0.15, -0.1) is 0 Å². The predicted octanol–water partition coefficient (Wildman–Crippen LogP) is 2.06. The van der Waals surface area contributed by atoms with E-state index in [4.69, 9.17) is 5.73 Å². The van der Waals surface area contributed by atoms with Gasteiger partial charge in [0.2, 0.25) is 0 Å². The van der Waals surface area contributed by atoms with Gasteiger partial charge < -0.3 is 5.73 Å². The van der Waals surface area contributed by atoms with Crippen molar-refractivity contribution in [1.29, 1.82) is 0 Å². The van der Waals surface area contributed by atoms with Crippen molar-refractivity contribution < 1.29 is 4.39 Å². The smallest absolute Gasteiger partial charge is 0.251 e. The molecule has 0 fully saturated rings. The molecule has 0 saturated carbocycles. The van der Waals surface area contributed by atoms with Crippen molar-refractivity contribution in [3.8, 4) is 17.3 Å². The van der Waals surface area contributed by atoms with Gasteiger partial charge in [0.05, 0.1) is 23.8 Å². The molecule has 0 atom stereocenters. The van der Waals surface area contributed by atoms with Gasteiger partial charge in [-0.25, -0.2) is 19.0 Å². The molecule has 0 aromatic carbocycles. The number of halogens is 1. The molecule has 0 aliphatic heterocycles. The first-order valence-electron chi connectivity index (χ1n) is 6.32. The van der Waals surface area contributed by atoms with Crippen molar-refractivity contribution in [3.05, 3.63) is 47.8 Å². The lowest BCUT2D eigenvalue weighted by molar-refractivity contribution is 0.621. The van der Waals surface area contributed by atoms with Crippen LogP contribution in [0.2, 0.25) is 0 Å². The van der Waals surface area contributed by atoms with E-state index in [2.05, 4.69) is 20.1 Å². The Morgan fingerprint density at radius 2 is 1.86 bits per heavy atom. The second-order valence-corrected chi connectivity index (χ2v) is 4.69. The van der Waals surface area contributed by atoms with Crippen molar-refractivity contribution in [1.82, 2.24) is 24.7 Å². The molecule has 0 unspecified atom stereocenters. The normalized spacial score (nSPS) is 10.8. The molecule has 0 aliphatic rings. The molecule has 3 rings (SSSR count). The summed E-state index contributed by atoms with van der Waals surface area (Å²) >= 11 is 0. The summed E-state index contributed by atoms with van der Waals surface area (Å²) in [5, 5.41) is 4.34. The largest absolute Gasteiger partial charge is 0.396 e. The van der Waals surface area contributed by atoms with Gasteiger partial charge >= 0.3 is 0 Å². The zero-order chi connectivity index (χ0) is 15.0. The van der Waals surface area contributed by atoms with Gasteiger partial charge in [-0.1, -0.05) is 0 Å². The molecular formula is C14H13FN6. The second-order valence-electron chi connectivity index (χ2n) is 4.69. The molecule has 0 saturated heterocycles. The molecule has 2 N–H and O–H groups in total. The fourth-order valence-corrected chi connectivity index (χ4v) is 2.01. The highest BCUT2D eigenvalue weighted by Gasteiger charge is 2.13. The Labute approximate surface area is 120 Å². The van der Waals surface area contributed by atoms with E-state index >= 15 is 0 Å². The van der Waals surface area contributed by atoms with Gasteiger partial charge in [0, 0.05) is 11.4 Å². The van der Waals surface area contributed by atoms with Crippen LogP contribution in [0.1, 0.15) is 11.4 Å². The molecule has 3 aromatic rings. The number of rotatable bonds is 2. The van der Waals surface area contributed by atoms with Crippen LogP contribution in [0.15, 0.2) is 30.6 Å². The van der Waals surface area contributed by atoms with Crippen LogP contribution in [0.4, 0.5) is 10.1 Å². The molecule has 0 amide bonds. The third-order valence-electron chi connectivity index (χ3n) is 2.89. The van der Waals surface area contributed by atoms with Crippen LogP contribution in [-0.4, -0.2) is 24.7 Å². The number of anilines is 1. The molecule has 7 heteroatoms. The number of nitrogen functional groups attached to an aromatic ring is 1. The molecular weight excluding hydrogens is 271 g/mol. The standard InChI is InChI=1S/C14H13FN6/c1-8-5-9(2)19-14(18-8)21-7-11(16)13(20-21)12-4-3-10(15)6-17-12/h3-7H,16H2,1-2H3. The summed E-state index contributed by atoms with van der Waals surface area (Å²) in [6.45, 7) is 3.76. The average Bonchev–Trinajstić information content (AvgIpc) is 2.81. The van der Waals surface area contributed by atoms with Gasteiger partial charge in [-0.05, 0) is 32.0 Å². The first kappa shape index (κ1) is 13.2. The maximum Gasteiger partial charge on any atom is 0.251 e. The maximum absolute atomic E-state index is 12.9. The molecule has 106 valence electrons. The summed E-state index contributed by atoms with van der Waals surface area (Å²) in [6, 6.07) is 4.72. The van der Waals surface area contributed by atoms with Gasteiger partial charge in [-0.2, -0.15) is 5.10 Å². The van der Waals surface area contributed by atoms with E-state index in [9.17, 15) is 4.39 Å². The molecule has 0 spiro atoms. The van der Waals surface area contributed by atoms with E-state index in [1.54, 1.807) is 6.20 Å². The molecule has 0 bridgehead atoms. The van der Waals surface area contributed by atoms with E-state index in [0.717, 1.165) is 17.6 Å². The summed E-state index contributed by atoms with van der Waals surface area (Å²) < 4.78 is 14.4. The fraction of sp³-hybridized carbons (Fsp3) is 0.143.